The van der Waals surface area contributed by atoms with Crippen molar-refractivity contribution in [1.82, 2.24) is 9.97 Å². The SMILES string of the molecule is O=C(O)C(=Cc1c[nH]c2nccc(NS(=O)(=O)c3ccc(-c4ccccc4)cc3)c12)c1ccccc1. The van der Waals surface area contributed by atoms with Crippen LogP contribution in [0.25, 0.3) is 33.8 Å². The van der Waals surface area contributed by atoms with Crippen LogP contribution in [0.3, 0.4) is 0 Å². The quantitative estimate of drug-likeness (QED) is 0.252. The van der Waals surface area contributed by atoms with Crippen molar-refractivity contribution in [2.45, 2.75) is 4.90 Å². The summed E-state index contributed by atoms with van der Waals surface area (Å²) in [5.41, 5.74) is 3.71. The van der Waals surface area contributed by atoms with Crippen LogP contribution in [0, 0.1) is 0 Å². The zero-order valence-corrected chi connectivity index (χ0v) is 19.7. The number of pyridine rings is 1. The Morgan fingerprint density at radius 3 is 2.17 bits per heavy atom. The maximum absolute atomic E-state index is 13.2. The van der Waals surface area contributed by atoms with E-state index < -0.39 is 16.0 Å². The lowest BCUT2D eigenvalue weighted by Gasteiger charge is -2.11. The molecule has 0 aliphatic rings. The zero-order valence-electron chi connectivity index (χ0n) is 18.9. The molecule has 0 radical (unpaired) electrons. The molecule has 2 aromatic heterocycles. The second-order valence-electron chi connectivity index (χ2n) is 8.05. The van der Waals surface area contributed by atoms with Gasteiger partial charge in [-0.15, -0.1) is 0 Å². The Labute approximate surface area is 207 Å². The fraction of sp³-hybridized carbons (Fsp3) is 0. The number of carbonyl (C=O) groups is 1. The summed E-state index contributed by atoms with van der Waals surface area (Å²) in [7, 11) is -3.92. The number of anilines is 1. The van der Waals surface area contributed by atoms with Crippen molar-refractivity contribution in [1.29, 1.82) is 0 Å². The Bertz CT molecular complexity index is 1680. The summed E-state index contributed by atoms with van der Waals surface area (Å²) in [6.45, 7) is 0. The first-order valence-electron chi connectivity index (χ1n) is 11.1. The molecule has 0 saturated carbocycles. The Balaban J connectivity index is 1.52. The van der Waals surface area contributed by atoms with Crippen molar-refractivity contribution in [3.05, 3.63) is 115 Å². The van der Waals surface area contributed by atoms with Crippen molar-refractivity contribution >= 4 is 44.4 Å². The van der Waals surface area contributed by atoms with Gasteiger partial charge in [-0.1, -0.05) is 72.8 Å². The molecule has 3 aromatic carbocycles. The standard InChI is InChI=1S/C28H21N3O4S/c32-28(33)24(21-9-5-2-6-10-21)17-22-18-30-27-26(22)25(15-16-29-27)31-36(34,35)23-13-11-20(12-14-23)19-7-3-1-4-8-19/h1-18H,(H,32,33)(H2,29,30,31). The van der Waals surface area contributed by atoms with Gasteiger partial charge in [-0.2, -0.15) is 0 Å². The summed E-state index contributed by atoms with van der Waals surface area (Å²) in [5, 5.41) is 10.3. The van der Waals surface area contributed by atoms with E-state index in [1.54, 1.807) is 66.9 Å². The summed E-state index contributed by atoms with van der Waals surface area (Å²) in [4.78, 5) is 19.4. The molecule has 0 atom stereocenters. The number of H-pyrrole nitrogens is 1. The average molecular weight is 496 g/mol. The van der Waals surface area contributed by atoms with Gasteiger partial charge in [0.05, 0.1) is 21.5 Å². The van der Waals surface area contributed by atoms with Crippen molar-refractivity contribution in [2.24, 2.45) is 0 Å². The fourth-order valence-corrected chi connectivity index (χ4v) is 5.06. The minimum atomic E-state index is -3.92. The molecule has 36 heavy (non-hydrogen) atoms. The monoisotopic (exact) mass is 495 g/mol. The number of carboxylic acid groups (broad SMARTS) is 1. The molecule has 0 bridgehead atoms. The Hall–Kier alpha value is -4.69. The Morgan fingerprint density at radius 2 is 1.50 bits per heavy atom. The van der Waals surface area contributed by atoms with Crippen molar-refractivity contribution < 1.29 is 18.3 Å². The number of rotatable bonds is 7. The molecule has 0 aliphatic heterocycles. The van der Waals surface area contributed by atoms with Gasteiger partial charge < -0.3 is 10.1 Å². The fourth-order valence-electron chi connectivity index (χ4n) is 3.98. The number of nitrogens with zero attached hydrogens (tertiary/aromatic N) is 1. The highest BCUT2D eigenvalue weighted by atomic mass is 32.2. The summed E-state index contributed by atoms with van der Waals surface area (Å²) in [6.07, 6.45) is 4.60. The van der Waals surface area contributed by atoms with Crippen LogP contribution in [0.2, 0.25) is 0 Å². The van der Waals surface area contributed by atoms with Gasteiger partial charge in [0.1, 0.15) is 5.65 Å². The highest BCUT2D eigenvalue weighted by Crippen LogP contribution is 2.31. The van der Waals surface area contributed by atoms with Gasteiger partial charge in [0.15, 0.2) is 0 Å². The molecule has 8 heteroatoms. The van der Waals surface area contributed by atoms with E-state index in [0.717, 1.165) is 11.1 Å². The predicted molar refractivity (Wildman–Crippen MR) is 141 cm³/mol. The second-order valence-corrected chi connectivity index (χ2v) is 9.73. The molecule has 0 aliphatic carbocycles. The van der Waals surface area contributed by atoms with Gasteiger partial charge in [0.25, 0.3) is 10.0 Å². The van der Waals surface area contributed by atoms with E-state index in [4.69, 9.17) is 0 Å². The molecular weight excluding hydrogens is 474 g/mol. The van der Waals surface area contributed by atoms with Crippen LogP contribution in [0.5, 0.6) is 0 Å². The van der Waals surface area contributed by atoms with Crippen LogP contribution < -0.4 is 4.72 Å². The predicted octanol–water partition coefficient (Wildman–Crippen LogP) is 5.66. The van der Waals surface area contributed by atoms with Crippen LogP contribution >= 0.6 is 0 Å². The molecule has 0 spiro atoms. The minimum absolute atomic E-state index is 0.0747. The number of fused-ring (bicyclic) bond motifs is 1. The Kier molecular flexibility index (Phi) is 6.10. The molecule has 5 rings (SSSR count). The molecule has 0 saturated heterocycles. The van der Waals surface area contributed by atoms with E-state index in [0.29, 0.717) is 22.2 Å². The van der Waals surface area contributed by atoms with Crippen LogP contribution in [-0.2, 0) is 14.8 Å². The minimum Gasteiger partial charge on any atom is -0.478 e. The third-order valence-corrected chi connectivity index (χ3v) is 7.12. The largest absolute Gasteiger partial charge is 0.478 e. The van der Waals surface area contributed by atoms with Crippen molar-refractivity contribution in [3.8, 4) is 11.1 Å². The van der Waals surface area contributed by atoms with Crippen LogP contribution in [0.15, 0.2) is 108 Å². The van der Waals surface area contributed by atoms with E-state index in [9.17, 15) is 18.3 Å². The molecule has 3 N–H and O–H groups in total. The number of carboxylic acids is 1. The van der Waals surface area contributed by atoms with Gasteiger partial charge in [-0.3, -0.25) is 4.72 Å². The lowest BCUT2D eigenvalue weighted by molar-refractivity contribution is -0.130. The number of sulfonamides is 1. The summed E-state index contributed by atoms with van der Waals surface area (Å²) < 4.78 is 29.1. The molecular formula is C28H21N3O4S. The van der Waals surface area contributed by atoms with Crippen LogP contribution in [0.4, 0.5) is 5.69 Å². The zero-order chi connectivity index (χ0) is 25.1. The third kappa shape index (κ3) is 4.62. The molecule has 5 aromatic rings. The third-order valence-electron chi connectivity index (χ3n) is 5.74. The summed E-state index contributed by atoms with van der Waals surface area (Å²) in [5.74, 6) is -1.10. The molecule has 2 heterocycles. The van der Waals surface area contributed by atoms with Crippen LogP contribution in [-0.4, -0.2) is 29.5 Å². The van der Waals surface area contributed by atoms with Crippen LogP contribution in [0.1, 0.15) is 11.1 Å². The van der Waals surface area contributed by atoms with Gasteiger partial charge >= 0.3 is 5.97 Å². The van der Waals surface area contributed by atoms with E-state index in [1.807, 2.05) is 30.3 Å². The summed E-state index contributed by atoms with van der Waals surface area (Å²) >= 11 is 0. The Morgan fingerprint density at radius 1 is 0.861 bits per heavy atom. The maximum atomic E-state index is 13.2. The molecule has 7 nitrogen and oxygen atoms in total. The van der Waals surface area contributed by atoms with Crippen molar-refractivity contribution in [2.75, 3.05) is 4.72 Å². The first-order chi connectivity index (χ1) is 17.4. The molecule has 178 valence electrons. The smallest absolute Gasteiger partial charge is 0.336 e. The normalized spacial score (nSPS) is 11.9. The maximum Gasteiger partial charge on any atom is 0.336 e. The molecule has 0 fully saturated rings. The molecule has 0 unspecified atom stereocenters. The highest BCUT2D eigenvalue weighted by Gasteiger charge is 2.19. The highest BCUT2D eigenvalue weighted by molar-refractivity contribution is 7.92. The topological polar surface area (TPSA) is 112 Å². The lowest BCUT2D eigenvalue weighted by Crippen LogP contribution is -2.13. The van der Waals surface area contributed by atoms with Gasteiger partial charge in [0.2, 0.25) is 0 Å². The first-order valence-corrected chi connectivity index (χ1v) is 12.6. The van der Waals surface area contributed by atoms with Gasteiger partial charge in [-0.05, 0) is 41.0 Å². The number of aromatic amines is 1. The summed E-state index contributed by atoms with van der Waals surface area (Å²) in [6, 6.07) is 26.6. The number of hydrogen-bond acceptors (Lipinski definition) is 4. The number of aliphatic carboxylic acids is 1. The van der Waals surface area contributed by atoms with E-state index in [1.165, 1.54) is 12.3 Å². The first kappa shape index (κ1) is 23.1. The van der Waals surface area contributed by atoms with E-state index in [-0.39, 0.29) is 16.2 Å². The number of hydrogen-bond donors (Lipinski definition) is 3. The van der Waals surface area contributed by atoms with E-state index in [2.05, 4.69) is 14.7 Å². The second kappa shape index (κ2) is 9.52. The lowest BCUT2D eigenvalue weighted by atomic mass is 10.0. The van der Waals surface area contributed by atoms with Gasteiger partial charge in [0, 0.05) is 18.0 Å². The van der Waals surface area contributed by atoms with Crippen molar-refractivity contribution in [3.63, 3.8) is 0 Å². The molecule has 0 amide bonds. The van der Waals surface area contributed by atoms with E-state index >= 15 is 0 Å². The average Bonchev–Trinajstić information content (AvgIpc) is 3.32. The number of aromatic nitrogens is 2. The number of benzene rings is 3. The number of nitrogens with one attached hydrogen (secondary N) is 2. The van der Waals surface area contributed by atoms with Gasteiger partial charge in [-0.25, -0.2) is 18.2 Å².